The summed E-state index contributed by atoms with van der Waals surface area (Å²) in [6, 6.07) is 12.3. The van der Waals surface area contributed by atoms with E-state index in [1.165, 1.54) is 0 Å². The van der Waals surface area contributed by atoms with E-state index in [2.05, 4.69) is 20.3 Å². The fourth-order valence-electron chi connectivity index (χ4n) is 1.85. The summed E-state index contributed by atoms with van der Waals surface area (Å²) in [4.78, 5) is 23.4. The predicted octanol–water partition coefficient (Wildman–Crippen LogP) is 3.38. The van der Waals surface area contributed by atoms with Crippen LogP contribution in [0.3, 0.4) is 0 Å². The Bertz CT molecular complexity index is 770. The van der Waals surface area contributed by atoms with Crippen molar-refractivity contribution in [1.29, 1.82) is 0 Å². The van der Waals surface area contributed by atoms with E-state index in [1.54, 1.807) is 36.7 Å². The van der Waals surface area contributed by atoms with Gasteiger partial charge in [-0.15, -0.1) is 0 Å². The zero-order chi connectivity index (χ0) is 14.7. The lowest BCUT2D eigenvalue weighted by Crippen LogP contribution is -2.12. The molecule has 3 rings (SSSR count). The monoisotopic (exact) mass is 298 g/mol. The summed E-state index contributed by atoms with van der Waals surface area (Å²) >= 11 is 5.86. The average Bonchev–Trinajstić information content (AvgIpc) is 2.97. The standard InChI is InChI=1S/C15H11ClN4O/c16-11-5-3-4-10(8-11)14(21)20-15-18-9-13(19-15)12-6-1-2-7-17-12/h1-9H,(H2,18,19,20,21). The van der Waals surface area contributed by atoms with E-state index in [1.807, 2.05) is 18.2 Å². The van der Waals surface area contributed by atoms with Crippen molar-refractivity contribution in [1.82, 2.24) is 15.0 Å². The molecule has 2 heterocycles. The lowest BCUT2D eigenvalue weighted by atomic mass is 10.2. The van der Waals surface area contributed by atoms with Gasteiger partial charge >= 0.3 is 0 Å². The van der Waals surface area contributed by atoms with E-state index in [0.29, 0.717) is 16.5 Å². The molecule has 0 fully saturated rings. The molecule has 0 unspecified atom stereocenters. The van der Waals surface area contributed by atoms with Crippen LogP contribution in [-0.2, 0) is 0 Å². The predicted molar refractivity (Wildman–Crippen MR) is 81.2 cm³/mol. The van der Waals surface area contributed by atoms with Gasteiger partial charge in [0, 0.05) is 16.8 Å². The second-order valence-corrected chi connectivity index (χ2v) is 4.76. The van der Waals surface area contributed by atoms with Crippen molar-refractivity contribution in [3.05, 3.63) is 65.4 Å². The number of aromatic nitrogens is 3. The minimum atomic E-state index is -0.278. The van der Waals surface area contributed by atoms with Crippen molar-refractivity contribution in [2.75, 3.05) is 5.32 Å². The third-order valence-corrected chi connectivity index (χ3v) is 3.07. The highest BCUT2D eigenvalue weighted by Crippen LogP contribution is 2.16. The van der Waals surface area contributed by atoms with Gasteiger partial charge in [0.1, 0.15) is 0 Å². The quantitative estimate of drug-likeness (QED) is 0.778. The molecule has 5 nitrogen and oxygen atoms in total. The first-order valence-corrected chi connectivity index (χ1v) is 6.63. The number of anilines is 1. The van der Waals surface area contributed by atoms with Crippen molar-refractivity contribution >= 4 is 23.5 Å². The maximum Gasteiger partial charge on any atom is 0.258 e. The maximum absolute atomic E-state index is 12.1. The number of amides is 1. The van der Waals surface area contributed by atoms with Gasteiger partial charge in [-0.1, -0.05) is 23.7 Å². The third kappa shape index (κ3) is 3.09. The Morgan fingerprint density at radius 3 is 2.81 bits per heavy atom. The number of imidazole rings is 1. The van der Waals surface area contributed by atoms with E-state index in [9.17, 15) is 4.79 Å². The largest absolute Gasteiger partial charge is 0.323 e. The van der Waals surface area contributed by atoms with E-state index in [4.69, 9.17) is 11.6 Å². The van der Waals surface area contributed by atoms with Gasteiger partial charge < -0.3 is 4.98 Å². The maximum atomic E-state index is 12.1. The SMILES string of the molecule is O=C(Nc1ncc(-c2ccccn2)[nH]1)c1cccc(Cl)c1. The number of nitrogens with zero attached hydrogens (tertiary/aromatic N) is 2. The molecule has 0 bridgehead atoms. The van der Waals surface area contributed by atoms with Crippen LogP contribution >= 0.6 is 11.6 Å². The number of hydrogen-bond donors (Lipinski definition) is 2. The Kier molecular flexibility index (Phi) is 3.66. The zero-order valence-electron chi connectivity index (χ0n) is 10.9. The van der Waals surface area contributed by atoms with Gasteiger partial charge in [0.15, 0.2) is 0 Å². The number of nitrogens with one attached hydrogen (secondary N) is 2. The fourth-order valence-corrected chi connectivity index (χ4v) is 2.04. The van der Waals surface area contributed by atoms with Gasteiger partial charge in [0.2, 0.25) is 5.95 Å². The molecule has 0 radical (unpaired) electrons. The molecule has 21 heavy (non-hydrogen) atoms. The Balaban J connectivity index is 1.77. The molecule has 1 amide bonds. The molecule has 6 heteroatoms. The molecular formula is C15H11ClN4O. The number of H-pyrrole nitrogens is 1. The average molecular weight is 299 g/mol. The minimum absolute atomic E-state index is 0.278. The molecule has 0 aliphatic rings. The highest BCUT2D eigenvalue weighted by molar-refractivity contribution is 6.31. The van der Waals surface area contributed by atoms with Crippen LogP contribution in [0.2, 0.25) is 5.02 Å². The molecule has 3 aromatic rings. The van der Waals surface area contributed by atoms with Crippen molar-refractivity contribution in [2.45, 2.75) is 0 Å². The molecule has 0 aliphatic carbocycles. The van der Waals surface area contributed by atoms with Gasteiger partial charge in [-0.2, -0.15) is 0 Å². The molecule has 1 aromatic carbocycles. The molecule has 0 spiro atoms. The number of carbonyl (C=O) groups excluding carboxylic acids is 1. The Labute approximate surface area is 126 Å². The first-order chi connectivity index (χ1) is 10.2. The van der Waals surface area contributed by atoms with Crippen molar-refractivity contribution in [3.8, 4) is 11.4 Å². The molecule has 0 aliphatic heterocycles. The summed E-state index contributed by atoms with van der Waals surface area (Å²) < 4.78 is 0. The molecule has 0 saturated heterocycles. The van der Waals surface area contributed by atoms with Crippen LogP contribution in [-0.4, -0.2) is 20.9 Å². The van der Waals surface area contributed by atoms with Gasteiger partial charge in [-0.05, 0) is 30.3 Å². The Morgan fingerprint density at radius 2 is 2.05 bits per heavy atom. The van der Waals surface area contributed by atoms with Crippen LogP contribution in [0, 0.1) is 0 Å². The van der Waals surface area contributed by atoms with Crippen LogP contribution in [0.5, 0.6) is 0 Å². The number of rotatable bonds is 3. The van der Waals surface area contributed by atoms with Gasteiger partial charge in [0.25, 0.3) is 5.91 Å². The second kappa shape index (κ2) is 5.76. The molecule has 2 aromatic heterocycles. The first kappa shape index (κ1) is 13.3. The van der Waals surface area contributed by atoms with Gasteiger partial charge in [0.05, 0.1) is 17.6 Å². The Morgan fingerprint density at radius 1 is 1.14 bits per heavy atom. The smallest absolute Gasteiger partial charge is 0.258 e. The van der Waals surface area contributed by atoms with E-state index in [0.717, 1.165) is 11.4 Å². The lowest BCUT2D eigenvalue weighted by Gasteiger charge is -2.02. The molecular weight excluding hydrogens is 288 g/mol. The fraction of sp³-hybridized carbons (Fsp3) is 0. The highest BCUT2D eigenvalue weighted by Gasteiger charge is 2.09. The van der Waals surface area contributed by atoms with E-state index in [-0.39, 0.29) is 5.91 Å². The summed E-state index contributed by atoms with van der Waals surface area (Å²) in [6.45, 7) is 0. The number of pyridine rings is 1. The van der Waals surface area contributed by atoms with Crippen LogP contribution in [0.15, 0.2) is 54.9 Å². The number of carbonyl (C=O) groups is 1. The van der Waals surface area contributed by atoms with Gasteiger partial charge in [-0.25, -0.2) is 4.98 Å². The number of halogens is 1. The number of aromatic amines is 1. The normalized spacial score (nSPS) is 10.3. The van der Waals surface area contributed by atoms with Crippen LogP contribution in [0.1, 0.15) is 10.4 Å². The van der Waals surface area contributed by atoms with Crippen molar-refractivity contribution < 1.29 is 4.79 Å². The summed E-state index contributed by atoms with van der Waals surface area (Å²) in [6.07, 6.45) is 3.32. The molecule has 104 valence electrons. The number of benzene rings is 1. The molecule has 2 N–H and O–H groups in total. The zero-order valence-corrected chi connectivity index (χ0v) is 11.6. The topological polar surface area (TPSA) is 70.7 Å². The summed E-state index contributed by atoms with van der Waals surface area (Å²) in [5.41, 5.74) is 1.96. The number of hydrogen-bond acceptors (Lipinski definition) is 3. The van der Waals surface area contributed by atoms with Crippen LogP contribution in [0.25, 0.3) is 11.4 Å². The van der Waals surface area contributed by atoms with Crippen molar-refractivity contribution in [3.63, 3.8) is 0 Å². The van der Waals surface area contributed by atoms with Crippen LogP contribution < -0.4 is 5.32 Å². The third-order valence-electron chi connectivity index (χ3n) is 2.84. The first-order valence-electron chi connectivity index (χ1n) is 6.26. The second-order valence-electron chi connectivity index (χ2n) is 4.32. The molecule has 0 saturated carbocycles. The van der Waals surface area contributed by atoms with Crippen LogP contribution in [0.4, 0.5) is 5.95 Å². The van der Waals surface area contributed by atoms with Crippen molar-refractivity contribution in [2.24, 2.45) is 0 Å². The van der Waals surface area contributed by atoms with E-state index < -0.39 is 0 Å². The minimum Gasteiger partial charge on any atom is -0.323 e. The lowest BCUT2D eigenvalue weighted by molar-refractivity contribution is 0.102. The summed E-state index contributed by atoms with van der Waals surface area (Å²) in [5.74, 6) is 0.0834. The summed E-state index contributed by atoms with van der Waals surface area (Å²) in [5, 5.41) is 3.19. The summed E-state index contributed by atoms with van der Waals surface area (Å²) in [7, 11) is 0. The van der Waals surface area contributed by atoms with E-state index >= 15 is 0 Å². The highest BCUT2D eigenvalue weighted by atomic mass is 35.5. The van der Waals surface area contributed by atoms with Gasteiger partial charge in [-0.3, -0.25) is 15.1 Å². The molecule has 0 atom stereocenters. The Hall–Kier alpha value is -2.66.